The number of aliphatic carboxylic acids is 1. The van der Waals surface area contributed by atoms with Gasteiger partial charge in [-0.2, -0.15) is 0 Å². The van der Waals surface area contributed by atoms with Gasteiger partial charge in [-0.25, -0.2) is 9.59 Å². The molecule has 0 heterocycles. The van der Waals surface area contributed by atoms with E-state index in [1.54, 1.807) is 0 Å². The molecule has 1 rings (SSSR count). The average Bonchev–Trinajstić information content (AvgIpc) is 2.16. The lowest BCUT2D eigenvalue weighted by Crippen LogP contribution is -2.42. The molecule has 0 fully saturated rings. The summed E-state index contributed by atoms with van der Waals surface area (Å²) in [6.07, 6.45) is 0. The molecule has 1 aromatic carbocycles. The number of aromatic carboxylic acids is 1. The molecule has 5 nitrogen and oxygen atoms in total. The highest BCUT2D eigenvalue weighted by atomic mass is 79.9. The van der Waals surface area contributed by atoms with E-state index >= 15 is 0 Å². The third kappa shape index (κ3) is 2.23. The van der Waals surface area contributed by atoms with E-state index in [1.807, 2.05) is 0 Å². The number of hydrogen-bond acceptors (Lipinski definition) is 3. The molecule has 0 aromatic heterocycles. The molecule has 0 amide bonds. The molecule has 16 heavy (non-hydrogen) atoms. The molecule has 0 saturated heterocycles. The molecule has 0 unspecified atom stereocenters. The lowest BCUT2D eigenvalue weighted by Gasteiger charge is -2.21. The fourth-order valence-electron chi connectivity index (χ4n) is 1.25. The van der Waals surface area contributed by atoms with Crippen LogP contribution in [0, 0.1) is 0 Å². The monoisotopic (exact) mass is 287 g/mol. The molecule has 0 bridgehead atoms. The molecule has 4 N–H and O–H groups in total. The normalized spacial score (nSPS) is 14.2. The number of benzene rings is 1. The van der Waals surface area contributed by atoms with Crippen molar-refractivity contribution in [1.82, 2.24) is 0 Å². The van der Waals surface area contributed by atoms with Gasteiger partial charge in [-0.3, -0.25) is 0 Å². The third-order valence-corrected chi connectivity index (χ3v) is 2.71. The predicted molar refractivity (Wildman–Crippen MR) is 60.3 cm³/mol. The van der Waals surface area contributed by atoms with Crippen LogP contribution in [0.3, 0.4) is 0 Å². The van der Waals surface area contributed by atoms with Gasteiger partial charge in [-0.1, -0.05) is 15.9 Å². The second-order valence-corrected chi connectivity index (χ2v) is 4.42. The van der Waals surface area contributed by atoms with Gasteiger partial charge in [-0.05, 0) is 30.7 Å². The molecule has 0 aliphatic carbocycles. The van der Waals surface area contributed by atoms with Gasteiger partial charge in [0.25, 0.3) is 0 Å². The van der Waals surface area contributed by atoms with Crippen molar-refractivity contribution in [3.8, 4) is 0 Å². The Labute approximate surface area is 100 Å². The molecule has 0 spiro atoms. The summed E-state index contributed by atoms with van der Waals surface area (Å²) in [5, 5.41) is 17.9. The molecule has 1 atom stereocenters. The second-order valence-electron chi connectivity index (χ2n) is 3.50. The van der Waals surface area contributed by atoms with Crippen molar-refractivity contribution in [2.24, 2.45) is 5.73 Å². The summed E-state index contributed by atoms with van der Waals surface area (Å²) in [5.74, 6) is -2.49. The number of halogens is 1. The van der Waals surface area contributed by atoms with Gasteiger partial charge in [0.2, 0.25) is 0 Å². The van der Waals surface area contributed by atoms with E-state index in [0.717, 1.165) is 0 Å². The standard InChI is InChI=1S/C10H10BrNO4/c1-10(12,9(15)16)7-4-5(11)2-3-6(7)8(13)14/h2-4H,12H2,1H3,(H,13,14)(H,15,16)/t10-/m1/s1. The molecule has 86 valence electrons. The molecular weight excluding hydrogens is 278 g/mol. The maximum atomic E-state index is 11.0. The maximum Gasteiger partial charge on any atom is 0.336 e. The first-order valence-corrected chi connectivity index (χ1v) is 5.11. The number of nitrogens with two attached hydrogens (primary N) is 1. The molecule has 1 aromatic rings. The van der Waals surface area contributed by atoms with Crippen molar-refractivity contribution in [2.75, 3.05) is 0 Å². The minimum absolute atomic E-state index is 0.0573. The van der Waals surface area contributed by atoms with E-state index in [0.29, 0.717) is 4.47 Å². The summed E-state index contributed by atoms with van der Waals surface area (Å²) in [7, 11) is 0. The zero-order valence-electron chi connectivity index (χ0n) is 8.40. The molecule has 6 heteroatoms. The highest BCUT2D eigenvalue weighted by Crippen LogP contribution is 2.26. The fourth-order valence-corrected chi connectivity index (χ4v) is 1.61. The Morgan fingerprint density at radius 2 is 1.94 bits per heavy atom. The number of hydrogen-bond donors (Lipinski definition) is 3. The summed E-state index contributed by atoms with van der Waals surface area (Å²) in [4.78, 5) is 21.9. The topological polar surface area (TPSA) is 101 Å². The first-order chi connectivity index (χ1) is 7.26. The number of carboxylic acids is 2. The van der Waals surface area contributed by atoms with Crippen LogP contribution in [0.25, 0.3) is 0 Å². The van der Waals surface area contributed by atoms with Crippen molar-refractivity contribution in [3.05, 3.63) is 33.8 Å². The van der Waals surface area contributed by atoms with Gasteiger partial charge in [-0.15, -0.1) is 0 Å². The van der Waals surface area contributed by atoms with Crippen LogP contribution in [0.4, 0.5) is 0 Å². The van der Waals surface area contributed by atoms with Crippen molar-refractivity contribution in [1.29, 1.82) is 0 Å². The Hall–Kier alpha value is -1.40. The summed E-state index contributed by atoms with van der Waals surface area (Å²) in [5.41, 5.74) is 3.81. The van der Waals surface area contributed by atoms with Gasteiger partial charge < -0.3 is 15.9 Å². The first-order valence-electron chi connectivity index (χ1n) is 4.32. The minimum Gasteiger partial charge on any atom is -0.480 e. The highest BCUT2D eigenvalue weighted by Gasteiger charge is 2.34. The Morgan fingerprint density at radius 3 is 2.38 bits per heavy atom. The predicted octanol–water partition coefficient (Wildman–Crippen LogP) is 1.41. The Bertz CT molecular complexity index is 456. The van der Waals surface area contributed by atoms with Crippen molar-refractivity contribution in [2.45, 2.75) is 12.5 Å². The lowest BCUT2D eigenvalue weighted by molar-refractivity contribution is -0.143. The van der Waals surface area contributed by atoms with Gasteiger partial charge in [0, 0.05) is 4.47 Å². The molecule has 0 aliphatic heterocycles. The van der Waals surface area contributed by atoms with E-state index in [-0.39, 0.29) is 11.1 Å². The van der Waals surface area contributed by atoms with E-state index in [2.05, 4.69) is 15.9 Å². The highest BCUT2D eigenvalue weighted by molar-refractivity contribution is 9.10. The van der Waals surface area contributed by atoms with Crippen molar-refractivity contribution in [3.63, 3.8) is 0 Å². The van der Waals surface area contributed by atoms with Gasteiger partial charge in [0.1, 0.15) is 5.54 Å². The molecule has 0 saturated carbocycles. The summed E-state index contributed by atoms with van der Waals surface area (Å²) >= 11 is 3.15. The minimum atomic E-state index is -1.74. The largest absolute Gasteiger partial charge is 0.480 e. The van der Waals surface area contributed by atoms with Crippen LogP contribution in [-0.2, 0) is 10.3 Å². The van der Waals surface area contributed by atoms with Crippen LogP contribution in [0.1, 0.15) is 22.8 Å². The van der Waals surface area contributed by atoms with Crippen LogP contribution >= 0.6 is 15.9 Å². The number of carbonyl (C=O) groups is 2. The van der Waals surface area contributed by atoms with Gasteiger partial charge in [0.05, 0.1) is 5.56 Å². The fraction of sp³-hybridized carbons (Fsp3) is 0.200. The van der Waals surface area contributed by atoms with Crippen LogP contribution in [0.5, 0.6) is 0 Å². The van der Waals surface area contributed by atoms with E-state index in [4.69, 9.17) is 15.9 Å². The van der Waals surface area contributed by atoms with E-state index in [1.165, 1.54) is 25.1 Å². The summed E-state index contributed by atoms with van der Waals surface area (Å²) in [6.45, 7) is 1.25. The first kappa shape index (κ1) is 12.7. The van der Waals surface area contributed by atoms with Crippen LogP contribution < -0.4 is 5.73 Å². The van der Waals surface area contributed by atoms with E-state index in [9.17, 15) is 9.59 Å². The van der Waals surface area contributed by atoms with Crippen molar-refractivity contribution < 1.29 is 19.8 Å². The van der Waals surface area contributed by atoms with Crippen molar-refractivity contribution >= 4 is 27.9 Å². The third-order valence-electron chi connectivity index (χ3n) is 2.22. The summed E-state index contributed by atoms with van der Waals surface area (Å²) in [6, 6.07) is 4.23. The second kappa shape index (κ2) is 4.23. The quantitative estimate of drug-likeness (QED) is 0.780. The molecule has 0 aliphatic rings. The zero-order valence-corrected chi connectivity index (χ0v) is 9.98. The Morgan fingerprint density at radius 1 is 1.38 bits per heavy atom. The summed E-state index contributed by atoms with van der Waals surface area (Å²) < 4.78 is 0.574. The maximum absolute atomic E-state index is 11.0. The SMILES string of the molecule is C[C@](N)(C(=O)O)c1cc(Br)ccc1C(=O)O. The van der Waals surface area contributed by atoms with Crippen LogP contribution in [0.15, 0.2) is 22.7 Å². The van der Waals surface area contributed by atoms with Gasteiger partial charge in [0.15, 0.2) is 0 Å². The Balaban J connectivity index is 3.47. The molecular formula is C10H10BrNO4. The zero-order chi connectivity index (χ0) is 12.5. The van der Waals surface area contributed by atoms with Gasteiger partial charge >= 0.3 is 11.9 Å². The number of rotatable bonds is 3. The number of carboxylic acid groups (broad SMARTS) is 2. The Kier molecular flexibility index (Phi) is 3.35. The van der Waals surface area contributed by atoms with E-state index < -0.39 is 17.5 Å². The van der Waals surface area contributed by atoms with Crippen LogP contribution in [-0.4, -0.2) is 22.2 Å². The lowest BCUT2D eigenvalue weighted by atomic mass is 9.89. The average molecular weight is 288 g/mol. The molecule has 0 radical (unpaired) electrons. The smallest absolute Gasteiger partial charge is 0.336 e. The van der Waals surface area contributed by atoms with Crippen LogP contribution in [0.2, 0.25) is 0 Å².